The van der Waals surface area contributed by atoms with Crippen LogP contribution in [0.2, 0.25) is 16.6 Å². The van der Waals surface area contributed by atoms with Crippen molar-refractivity contribution in [1.29, 1.82) is 0 Å². The van der Waals surface area contributed by atoms with Gasteiger partial charge in [-0.05, 0) is 34.8 Å². The van der Waals surface area contributed by atoms with Crippen molar-refractivity contribution in [2.24, 2.45) is 0 Å². The van der Waals surface area contributed by atoms with Gasteiger partial charge in [0.05, 0.1) is 0 Å². The molecule has 0 bridgehead atoms. The van der Waals surface area contributed by atoms with Gasteiger partial charge in [0.25, 0.3) is 8.32 Å². The number of fused-ring (bicyclic) bond motifs is 3. The summed E-state index contributed by atoms with van der Waals surface area (Å²) in [6.45, 7) is 12.9. The molecular formula is C21H26F2O2Si. The number of rotatable bonds is 5. The minimum absolute atomic E-state index is 0.0572. The normalized spacial score (nSPS) is 12.9. The molecule has 0 aliphatic rings. The van der Waals surface area contributed by atoms with Crippen LogP contribution in [0.15, 0.2) is 34.7 Å². The maximum Gasteiger partial charge on any atom is 0.258 e. The van der Waals surface area contributed by atoms with Crippen LogP contribution in [-0.2, 0) is 0 Å². The van der Waals surface area contributed by atoms with Gasteiger partial charge in [0.2, 0.25) is 5.82 Å². The minimum atomic E-state index is -2.29. The molecule has 0 saturated heterocycles. The highest BCUT2D eigenvalue weighted by atomic mass is 28.4. The highest BCUT2D eigenvalue weighted by Crippen LogP contribution is 2.44. The summed E-state index contributed by atoms with van der Waals surface area (Å²) in [5, 5.41) is 1.14. The lowest BCUT2D eigenvalue weighted by Crippen LogP contribution is -2.50. The molecule has 0 aliphatic carbocycles. The smallest absolute Gasteiger partial charge is 0.258 e. The molecule has 0 saturated carbocycles. The van der Waals surface area contributed by atoms with E-state index in [9.17, 15) is 4.39 Å². The van der Waals surface area contributed by atoms with Gasteiger partial charge < -0.3 is 8.84 Å². The number of para-hydroxylation sites is 1. The lowest BCUT2D eigenvalue weighted by atomic mass is 10.1. The second-order valence-corrected chi connectivity index (χ2v) is 13.3. The molecular weight excluding hydrogens is 350 g/mol. The lowest BCUT2D eigenvalue weighted by Gasteiger charge is -2.42. The predicted molar refractivity (Wildman–Crippen MR) is 105 cm³/mol. The average Bonchev–Trinajstić information content (AvgIpc) is 2.94. The van der Waals surface area contributed by atoms with Crippen molar-refractivity contribution in [2.45, 2.75) is 58.2 Å². The summed E-state index contributed by atoms with van der Waals surface area (Å²) in [5.74, 6) is -0.826. The Hall–Kier alpha value is -1.88. The Morgan fingerprint density at radius 3 is 1.96 bits per heavy atom. The van der Waals surface area contributed by atoms with Crippen LogP contribution in [0.5, 0.6) is 5.75 Å². The zero-order valence-electron chi connectivity index (χ0n) is 16.2. The van der Waals surface area contributed by atoms with E-state index in [-0.39, 0.29) is 16.9 Å². The second-order valence-electron chi connectivity index (χ2n) is 7.89. The Kier molecular flexibility index (Phi) is 4.86. The third-order valence-electron chi connectivity index (χ3n) is 5.52. The fourth-order valence-electron chi connectivity index (χ4n) is 4.40. The number of halogens is 2. The van der Waals surface area contributed by atoms with Gasteiger partial charge in [0.1, 0.15) is 5.75 Å². The molecule has 2 nitrogen and oxygen atoms in total. The summed E-state index contributed by atoms with van der Waals surface area (Å²) >= 11 is 0. The van der Waals surface area contributed by atoms with Crippen molar-refractivity contribution in [2.75, 3.05) is 0 Å². The summed E-state index contributed by atoms with van der Waals surface area (Å²) in [5.41, 5.74) is 1.11. The van der Waals surface area contributed by atoms with Crippen LogP contribution >= 0.6 is 0 Å². The fraction of sp³-hybridized carbons (Fsp3) is 0.429. The molecule has 0 fully saturated rings. The van der Waals surface area contributed by atoms with Crippen LogP contribution < -0.4 is 4.43 Å². The molecule has 0 aliphatic heterocycles. The highest BCUT2D eigenvalue weighted by Gasteiger charge is 2.47. The van der Waals surface area contributed by atoms with Gasteiger partial charge in [-0.1, -0.05) is 53.7 Å². The Balaban J connectivity index is 2.18. The zero-order chi connectivity index (χ0) is 19.2. The lowest BCUT2D eigenvalue weighted by molar-refractivity contribution is 0.443. The Bertz CT molecular complexity index is 922. The van der Waals surface area contributed by atoms with Crippen molar-refractivity contribution in [3.05, 3.63) is 42.0 Å². The molecule has 2 aromatic carbocycles. The van der Waals surface area contributed by atoms with E-state index in [1.54, 1.807) is 24.3 Å². The van der Waals surface area contributed by atoms with Gasteiger partial charge >= 0.3 is 0 Å². The van der Waals surface area contributed by atoms with Crippen LogP contribution in [0, 0.1) is 11.6 Å². The topological polar surface area (TPSA) is 22.4 Å². The third-order valence-corrected chi connectivity index (χ3v) is 11.5. The molecule has 5 heteroatoms. The van der Waals surface area contributed by atoms with Gasteiger partial charge in [0, 0.05) is 10.8 Å². The zero-order valence-corrected chi connectivity index (χ0v) is 17.2. The van der Waals surface area contributed by atoms with E-state index >= 15 is 4.39 Å². The second kappa shape index (κ2) is 6.69. The summed E-state index contributed by atoms with van der Waals surface area (Å²) in [4.78, 5) is 0. The van der Waals surface area contributed by atoms with Crippen LogP contribution in [0.3, 0.4) is 0 Å². The van der Waals surface area contributed by atoms with Crippen LogP contribution in [0.4, 0.5) is 8.78 Å². The van der Waals surface area contributed by atoms with Gasteiger partial charge in [0.15, 0.2) is 17.0 Å². The largest absolute Gasteiger partial charge is 0.541 e. The van der Waals surface area contributed by atoms with E-state index in [4.69, 9.17) is 8.84 Å². The first-order valence-corrected chi connectivity index (χ1v) is 11.3. The Morgan fingerprint density at radius 1 is 0.808 bits per heavy atom. The number of hydrogen-bond acceptors (Lipinski definition) is 2. The molecule has 26 heavy (non-hydrogen) atoms. The van der Waals surface area contributed by atoms with Gasteiger partial charge in [-0.2, -0.15) is 4.39 Å². The molecule has 0 spiro atoms. The molecule has 0 atom stereocenters. The number of hydrogen-bond donors (Lipinski definition) is 0. The Morgan fingerprint density at radius 2 is 1.38 bits per heavy atom. The number of benzene rings is 2. The van der Waals surface area contributed by atoms with Crippen molar-refractivity contribution in [1.82, 2.24) is 0 Å². The van der Waals surface area contributed by atoms with Crippen LogP contribution in [-0.4, -0.2) is 8.32 Å². The van der Waals surface area contributed by atoms with E-state index in [1.165, 1.54) is 6.07 Å². The maximum atomic E-state index is 15.2. The third kappa shape index (κ3) is 2.73. The summed E-state index contributed by atoms with van der Waals surface area (Å²) in [7, 11) is -2.29. The molecule has 0 radical (unpaired) electrons. The predicted octanol–water partition coefficient (Wildman–Crippen LogP) is 7.42. The summed E-state index contributed by atoms with van der Waals surface area (Å²) in [6.07, 6.45) is 0. The quantitative estimate of drug-likeness (QED) is 0.432. The molecule has 0 unspecified atom stereocenters. The first kappa shape index (κ1) is 18.9. The molecule has 3 aromatic rings. The van der Waals surface area contributed by atoms with Crippen LogP contribution in [0.1, 0.15) is 41.5 Å². The Labute approximate surface area is 154 Å². The average molecular weight is 377 g/mol. The molecule has 0 N–H and O–H groups in total. The summed E-state index contributed by atoms with van der Waals surface area (Å²) < 4.78 is 41.2. The van der Waals surface area contributed by atoms with Crippen molar-refractivity contribution >= 4 is 30.3 Å². The molecule has 1 heterocycles. The van der Waals surface area contributed by atoms with Gasteiger partial charge in [-0.25, -0.2) is 4.39 Å². The minimum Gasteiger partial charge on any atom is -0.541 e. The molecule has 140 valence electrons. The van der Waals surface area contributed by atoms with Gasteiger partial charge in [-0.15, -0.1) is 0 Å². The SMILES string of the molecule is CC(C)[Si](Oc1ccc2c(oc3c(F)cccc32)c1F)(C(C)C)C(C)C. The van der Waals surface area contributed by atoms with Crippen LogP contribution in [0.25, 0.3) is 21.9 Å². The standard InChI is InChI=1S/C21H26F2O2Si/c1-12(2)26(13(3)4,14(5)6)25-18-11-10-16-15-8-7-9-17(22)20(15)24-21(16)19(18)23/h7-14H,1-6H3. The number of furan rings is 1. The van der Waals surface area contributed by atoms with Gasteiger partial charge in [-0.3, -0.25) is 0 Å². The maximum absolute atomic E-state index is 15.2. The molecule has 0 amide bonds. The van der Waals surface area contributed by atoms with Crippen molar-refractivity contribution in [3.63, 3.8) is 0 Å². The van der Waals surface area contributed by atoms with Crippen molar-refractivity contribution in [3.8, 4) is 5.75 Å². The van der Waals surface area contributed by atoms with E-state index in [2.05, 4.69) is 41.5 Å². The highest BCUT2D eigenvalue weighted by molar-refractivity contribution is 6.78. The fourth-order valence-corrected chi connectivity index (χ4v) is 9.65. The van der Waals surface area contributed by atoms with E-state index in [0.717, 1.165) is 0 Å². The first-order chi connectivity index (χ1) is 12.2. The first-order valence-electron chi connectivity index (χ1n) is 9.18. The summed E-state index contributed by atoms with van der Waals surface area (Å²) in [6, 6.07) is 8.07. The van der Waals surface area contributed by atoms with E-state index in [1.807, 2.05) is 0 Å². The van der Waals surface area contributed by atoms with E-state index in [0.29, 0.717) is 27.4 Å². The van der Waals surface area contributed by atoms with Crippen molar-refractivity contribution < 1.29 is 17.6 Å². The molecule has 3 rings (SSSR count). The monoisotopic (exact) mass is 376 g/mol. The van der Waals surface area contributed by atoms with E-state index < -0.39 is 20.0 Å². The molecule has 1 aromatic heterocycles.